The minimum Gasteiger partial charge on any atom is -0.387 e. The summed E-state index contributed by atoms with van der Waals surface area (Å²) in [5.41, 5.74) is 1.08. The molecule has 1 heterocycles. The molecule has 1 aliphatic rings. The number of likely N-dealkylation sites (tertiary alicyclic amines) is 1. The maximum Gasteiger partial charge on any atom is 0.0928 e. The third kappa shape index (κ3) is 2.39. The van der Waals surface area contributed by atoms with Crippen LogP contribution in [0.4, 0.5) is 0 Å². The summed E-state index contributed by atoms with van der Waals surface area (Å²) >= 11 is 0. The molecule has 2 heteroatoms. The van der Waals surface area contributed by atoms with E-state index >= 15 is 0 Å². The van der Waals surface area contributed by atoms with Gasteiger partial charge in [-0.25, -0.2) is 0 Å². The maximum atomic E-state index is 10.9. The molecule has 0 unspecified atom stereocenters. The van der Waals surface area contributed by atoms with E-state index in [0.29, 0.717) is 0 Å². The van der Waals surface area contributed by atoms with Crippen molar-refractivity contribution in [1.29, 1.82) is 0 Å². The zero-order valence-electron chi connectivity index (χ0n) is 12.7. The van der Waals surface area contributed by atoms with E-state index in [0.717, 1.165) is 25.2 Å². The Morgan fingerprint density at radius 1 is 0.864 bits per heavy atom. The van der Waals surface area contributed by atoms with E-state index < -0.39 is 6.10 Å². The van der Waals surface area contributed by atoms with Crippen LogP contribution in [0.1, 0.15) is 24.5 Å². The summed E-state index contributed by atoms with van der Waals surface area (Å²) < 4.78 is 0. The lowest BCUT2D eigenvalue weighted by molar-refractivity contribution is 0.128. The Bertz CT molecular complexity index is 751. The summed E-state index contributed by atoms with van der Waals surface area (Å²) in [6.45, 7) is 2.96. The first-order chi connectivity index (χ1) is 10.8. The molecule has 0 spiro atoms. The summed E-state index contributed by atoms with van der Waals surface area (Å²) in [6, 6.07) is 19.0. The Morgan fingerprint density at radius 2 is 1.41 bits per heavy atom. The molecule has 0 amide bonds. The molecule has 4 rings (SSSR count). The summed E-state index contributed by atoms with van der Waals surface area (Å²) in [6.07, 6.45) is 2.07. The standard InChI is InChI=1S/C20H21NO/c22-19(14-21-11-5-6-12-21)20-17-9-3-1-7-15(17)13-16-8-2-4-10-18(16)20/h1-4,7-10,13,19,22H,5-6,11-12,14H2/t19-/m0/s1. The number of nitrogens with zero attached hydrogens (tertiary/aromatic N) is 1. The van der Waals surface area contributed by atoms with Gasteiger partial charge in [-0.15, -0.1) is 0 Å². The van der Waals surface area contributed by atoms with E-state index in [1.807, 2.05) is 0 Å². The molecule has 3 aromatic rings. The highest BCUT2D eigenvalue weighted by Crippen LogP contribution is 2.33. The van der Waals surface area contributed by atoms with Crippen molar-refractivity contribution in [3.63, 3.8) is 0 Å². The van der Waals surface area contributed by atoms with Crippen molar-refractivity contribution in [2.45, 2.75) is 18.9 Å². The molecule has 1 saturated heterocycles. The normalized spacial score (nSPS) is 17.3. The second-order valence-corrected chi connectivity index (χ2v) is 6.26. The van der Waals surface area contributed by atoms with Crippen LogP contribution in [0.5, 0.6) is 0 Å². The molecular weight excluding hydrogens is 270 g/mol. The van der Waals surface area contributed by atoms with Gasteiger partial charge in [0.05, 0.1) is 6.10 Å². The van der Waals surface area contributed by atoms with Crippen molar-refractivity contribution in [3.05, 3.63) is 60.2 Å². The monoisotopic (exact) mass is 291 g/mol. The highest BCUT2D eigenvalue weighted by molar-refractivity contribution is 6.02. The van der Waals surface area contributed by atoms with Gasteiger partial charge in [-0.3, -0.25) is 0 Å². The number of benzene rings is 3. The molecule has 0 bridgehead atoms. The van der Waals surface area contributed by atoms with Gasteiger partial charge in [0.1, 0.15) is 0 Å². The van der Waals surface area contributed by atoms with Crippen molar-refractivity contribution < 1.29 is 5.11 Å². The van der Waals surface area contributed by atoms with Gasteiger partial charge in [0, 0.05) is 6.54 Å². The number of β-amino-alcohol motifs (C(OH)–C–C–N with tert-alkyl or cyclic N) is 1. The maximum absolute atomic E-state index is 10.9. The molecule has 22 heavy (non-hydrogen) atoms. The smallest absolute Gasteiger partial charge is 0.0928 e. The topological polar surface area (TPSA) is 23.5 Å². The number of hydrogen-bond acceptors (Lipinski definition) is 2. The lowest BCUT2D eigenvalue weighted by Gasteiger charge is -2.22. The zero-order valence-corrected chi connectivity index (χ0v) is 12.7. The largest absolute Gasteiger partial charge is 0.387 e. The van der Waals surface area contributed by atoms with Crippen LogP contribution in [0, 0.1) is 0 Å². The molecule has 1 N–H and O–H groups in total. The van der Waals surface area contributed by atoms with E-state index in [1.54, 1.807) is 0 Å². The van der Waals surface area contributed by atoms with Crippen LogP contribution in [0.25, 0.3) is 21.5 Å². The SMILES string of the molecule is O[C@@H](CN1CCCC1)c1c2ccccc2cc2ccccc12. The number of aliphatic hydroxyl groups excluding tert-OH is 1. The Hall–Kier alpha value is -1.90. The van der Waals surface area contributed by atoms with Gasteiger partial charge < -0.3 is 10.0 Å². The van der Waals surface area contributed by atoms with Crippen LogP contribution >= 0.6 is 0 Å². The Kier molecular flexibility index (Phi) is 3.57. The third-order valence-electron chi connectivity index (χ3n) is 4.78. The Labute approximate surface area is 131 Å². The molecule has 0 aliphatic carbocycles. The molecule has 1 fully saturated rings. The van der Waals surface area contributed by atoms with Crippen molar-refractivity contribution >= 4 is 21.5 Å². The zero-order chi connectivity index (χ0) is 14.9. The van der Waals surface area contributed by atoms with Crippen molar-refractivity contribution in [2.75, 3.05) is 19.6 Å². The fraction of sp³-hybridized carbons (Fsp3) is 0.300. The second kappa shape index (κ2) is 5.71. The predicted molar refractivity (Wildman–Crippen MR) is 92.1 cm³/mol. The number of rotatable bonds is 3. The fourth-order valence-corrected chi connectivity index (χ4v) is 3.71. The van der Waals surface area contributed by atoms with Crippen molar-refractivity contribution in [3.8, 4) is 0 Å². The summed E-state index contributed by atoms with van der Waals surface area (Å²) in [7, 11) is 0. The predicted octanol–water partition coefficient (Wildman–Crippen LogP) is 4.12. The number of aliphatic hydroxyl groups is 1. The van der Waals surface area contributed by atoms with Gasteiger partial charge in [-0.05, 0) is 59.1 Å². The summed E-state index contributed by atoms with van der Waals surface area (Å²) in [5.74, 6) is 0. The molecular formula is C20H21NO. The lowest BCUT2D eigenvalue weighted by atomic mass is 9.93. The van der Waals surface area contributed by atoms with E-state index in [2.05, 4.69) is 59.5 Å². The van der Waals surface area contributed by atoms with Gasteiger partial charge in [-0.2, -0.15) is 0 Å². The Balaban J connectivity index is 1.87. The van der Waals surface area contributed by atoms with Crippen LogP contribution in [0.3, 0.4) is 0 Å². The van der Waals surface area contributed by atoms with Gasteiger partial charge in [0.15, 0.2) is 0 Å². The minimum atomic E-state index is -0.436. The molecule has 1 atom stereocenters. The van der Waals surface area contributed by atoms with Crippen LogP contribution in [0.2, 0.25) is 0 Å². The summed E-state index contributed by atoms with van der Waals surface area (Å²) in [4.78, 5) is 2.38. The first kappa shape index (κ1) is 13.7. The van der Waals surface area contributed by atoms with E-state index in [9.17, 15) is 5.11 Å². The molecule has 0 radical (unpaired) electrons. The quantitative estimate of drug-likeness (QED) is 0.734. The van der Waals surface area contributed by atoms with E-state index in [1.165, 1.54) is 34.4 Å². The molecule has 112 valence electrons. The van der Waals surface area contributed by atoms with Gasteiger partial charge in [0.2, 0.25) is 0 Å². The fourth-order valence-electron chi connectivity index (χ4n) is 3.71. The first-order valence-corrected chi connectivity index (χ1v) is 8.14. The molecule has 2 nitrogen and oxygen atoms in total. The number of fused-ring (bicyclic) bond motifs is 2. The van der Waals surface area contributed by atoms with Gasteiger partial charge in [0.25, 0.3) is 0 Å². The number of hydrogen-bond donors (Lipinski definition) is 1. The van der Waals surface area contributed by atoms with Gasteiger partial charge >= 0.3 is 0 Å². The van der Waals surface area contributed by atoms with Crippen molar-refractivity contribution in [1.82, 2.24) is 4.90 Å². The average Bonchev–Trinajstić information content (AvgIpc) is 3.05. The molecule has 1 aliphatic heterocycles. The summed E-state index contributed by atoms with van der Waals surface area (Å²) in [5, 5.41) is 15.7. The van der Waals surface area contributed by atoms with Gasteiger partial charge in [-0.1, -0.05) is 48.5 Å². The van der Waals surface area contributed by atoms with Crippen molar-refractivity contribution in [2.24, 2.45) is 0 Å². The Morgan fingerprint density at radius 3 is 2.00 bits per heavy atom. The van der Waals surface area contributed by atoms with Crippen LogP contribution in [0.15, 0.2) is 54.6 Å². The first-order valence-electron chi connectivity index (χ1n) is 8.14. The third-order valence-corrected chi connectivity index (χ3v) is 4.78. The molecule has 3 aromatic carbocycles. The molecule has 0 saturated carbocycles. The van der Waals surface area contributed by atoms with Crippen LogP contribution in [-0.2, 0) is 0 Å². The highest BCUT2D eigenvalue weighted by atomic mass is 16.3. The lowest BCUT2D eigenvalue weighted by Crippen LogP contribution is -2.25. The highest BCUT2D eigenvalue weighted by Gasteiger charge is 2.20. The molecule has 0 aromatic heterocycles. The second-order valence-electron chi connectivity index (χ2n) is 6.26. The average molecular weight is 291 g/mol. The van der Waals surface area contributed by atoms with Crippen LogP contribution in [-0.4, -0.2) is 29.6 Å². The van der Waals surface area contributed by atoms with Crippen LogP contribution < -0.4 is 0 Å². The van der Waals surface area contributed by atoms with E-state index in [-0.39, 0.29) is 0 Å². The minimum absolute atomic E-state index is 0.436. The van der Waals surface area contributed by atoms with E-state index in [4.69, 9.17) is 0 Å².